The summed E-state index contributed by atoms with van der Waals surface area (Å²) in [4.78, 5) is 4.59. The van der Waals surface area contributed by atoms with Crippen molar-refractivity contribution in [3.05, 3.63) is 72.3 Å². The fourth-order valence-corrected chi connectivity index (χ4v) is 2.78. The van der Waals surface area contributed by atoms with Gasteiger partial charge in [0.15, 0.2) is 0 Å². The molecule has 0 saturated carbocycles. The van der Waals surface area contributed by atoms with E-state index >= 15 is 0 Å². The lowest BCUT2D eigenvalue weighted by Gasteiger charge is -2.06. The van der Waals surface area contributed by atoms with E-state index in [0.29, 0.717) is 0 Å². The zero-order valence-corrected chi connectivity index (χ0v) is 14.8. The van der Waals surface area contributed by atoms with Gasteiger partial charge in [-0.25, -0.2) is 0 Å². The van der Waals surface area contributed by atoms with E-state index in [-0.39, 0.29) is 0 Å². The van der Waals surface area contributed by atoms with Gasteiger partial charge in [-0.3, -0.25) is 4.99 Å². The Balaban J connectivity index is 1.57. The van der Waals surface area contributed by atoms with Crippen molar-refractivity contribution < 1.29 is 4.74 Å². The first kappa shape index (κ1) is 17.2. The van der Waals surface area contributed by atoms with Gasteiger partial charge >= 0.3 is 0 Å². The van der Waals surface area contributed by atoms with Crippen molar-refractivity contribution in [2.75, 3.05) is 6.61 Å². The van der Waals surface area contributed by atoms with Crippen LogP contribution in [0.5, 0.6) is 5.75 Å². The van der Waals surface area contributed by atoms with Crippen LogP contribution in [0.25, 0.3) is 10.8 Å². The summed E-state index contributed by atoms with van der Waals surface area (Å²) >= 11 is 0. The number of aliphatic imine (C=N–C) groups is 1. The maximum Gasteiger partial charge on any atom is 0.119 e. The number of ether oxygens (including phenoxy) is 1. The molecule has 3 aromatic carbocycles. The van der Waals surface area contributed by atoms with Crippen molar-refractivity contribution in [3.8, 4) is 5.75 Å². The van der Waals surface area contributed by atoms with Crippen molar-refractivity contribution in [2.24, 2.45) is 4.99 Å². The van der Waals surface area contributed by atoms with Gasteiger partial charge in [0.2, 0.25) is 0 Å². The number of hydrogen-bond acceptors (Lipinski definition) is 2. The molecule has 0 amide bonds. The molecule has 0 unspecified atom stereocenters. The van der Waals surface area contributed by atoms with Crippen LogP contribution in [0.15, 0.2) is 71.7 Å². The van der Waals surface area contributed by atoms with E-state index in [1.807, 2.05) is 36.5 Å². The Bertz CT molecular complexity index is 821. The number of nitrogens with zero attached hydrogens (tertiary/aromatic N) is 1. The molecule has 0 atom stereocenters. The molecule has 3 rings (SSSR count). The summed E-state index contributed by atoms with van der Waals surface area (Å²) in [6, 6.07) is 22.7. The van der Waals surface area contributed by atoms with Crippen LogP contribution in [0, 0.1) is 0 Å². The average molecular weight is 331 g/mol. The fraction of sp³-hybridized carbons (Fsp3) is 0.261. The molecular weight excluding hydrogens is 306 g/mol. The van der Waals surface area contributed by atoms with Gasteiger partial charge in [0.25, 0.3) is 0 Å². The second-order valence-electron chi connectivity index (χ2n) is 6.27. The van der Waals surface area contributed by atoms with E-state index in [0.717, 1.165) is 30.0 Å². The minimum atomic E-state index is 0.796. The Morgan fingerprint density at radius 1 is 0.840 bits per heavy atom. The fourth-order valence-electron chi connectivity index (χ4n) is 2.78. The van der Waals surface area contributed by atoms with Gasteiger partial charge in [-0.05, 0) is 59.2 Å². The van der Waals surface area contributed by atoms with E-state index in [4.69, 9.17) is 4.74 Å². The maximum atomic E-state index is 5.77. The molecule has 0 aromatic heterocycles. The smallest absolute Gasteiger partial charge is 0.119 e. The predicted octanol–water partition coefficient (Wildman–Crippen LogP) is 6.55. The highest BCUT2D eigenvalue weighted by Crippen LogP contribution is 2.21. The van der Waals surface area contributed by atoms with Crippen LogP contribution < -0.4 is 4.74 Å². The normalized spacial score (nSPS) is 11.2. The number of unbranched alkanes of at least 4 members (excludes halogenated alkanes) is 3. The largest absolute Gasteiger partial charge is 0.494 e. The lowest BCUT2D eigenvalue weighted by molar-refractivity contribution is 0.305. The monoisotopic (exact) mass is 331 g/mol. The first-order chi connectivity index (χ1) is 12.3. The zero-order valence-electron chi connectivity index (χ0n) is 14.8. The minimum Gasteiger partial charge on any atom is -0.494 e. The van der Waals surface area contributed by atoms with Crippen LogP contribution in [0.4, 0.5) is 5.69 Å². The molecule has 0 radical (unpaired) electrons. The van der Waals surface area contributed by atoms with E-state index in [9.17, 15) is 0 Å². The van der Waals surface area contributed by atoms with E-state index in [2.05, 4.69) is 48.3 Å². The molecule has 128 valence electrons. The Labute approximate surface area is 150 Å². The highest BCUT2D eigenvalue weighted by Gasteiger charge is 1.96. The Morgan fingerprint density at radius 3 is 2.44 bits per heavy atom. The third-order valence-electron chi connectivity index (χ3n) is 4.24. The molecule has 3 aromatic rings. The summed E-state index contributed by atoms with van der Waals surface area (Å²) < 4.78 is 5.77. The Kier molecular flexibility index (Phi) is 6.22. The first-order valence-electron chi connectivity index (χ1n) is 9.11. The van der Waals surface area contributed by atoms with Crippen LogP contribution in [-0.4, -0.2) is 12.8 Å². The highest BCUT2D eigenvalue weighted by molar-refractivity contribution is 5.87. The maximum absolute atomic E-state index is 5.77. The molecule has 0 heterocycles. The third-order valence-corrected chi connectivity index (χ3v) is 4.24. The lowest BCUT2D eigenvalue weighted by atomic mass is 10.1. The Morgan fingerprint density at radius 2 is 1.64 bits per heavy atom. The van der Waals surface area contributed by atoms with Crippen molar-refractivity contribution in [1.82, 2.24) is 0 Å². The molecular formula is C23H25NO. The molecule has 0 aliphatic carbocycles. The van der Waals surface area contributed by atoms with Gasteiger partial charge in [-0.2, -0.15) is 0 Å². The molecule has 0 aliphatic rings. The molecule has 0 saturated heterocycles. The second kappa shape index (κ2) is 9.03. The zero-order chi connectivity index (χ0) is 17.3. The predicted molar refractivity (Wildman–Crippen MR) is 107 cm³/mol. The SMILES string of the molecule is CCCCCCOc1ccc(C=Nc2ccc3ccccc3c2)cc1. The molecule has 0 N–H and O–H groups in total. The van der Waals surface area contributed by atoms with Gasteiger partial charge in [0.05, 0.1) is 12.3 Å². The average Bonchev–Trinajstić information content (AvgIpc) is 2.67. The van der Waals surface area contributed by atoms with Crippen LogP contribution in [0.3, 0.4) is 0 Å². The van der Waals surface area contributed by atoms with E-state index in [1.165, 1.54) is 30.0 Å². The van der Waals surface area contributed by atoms with Crippen LogP contribution >= 0.6 is 0 Å². The van der Waals surface area contributed by atoms with E-state index in [1.54, 1.807) is 0 Å². The van der Waals surface area contributed by atoms with Crippen molar-refractivity contribution in [3.63, 3.8) is 0 Å². The second-order valence-corrected chi connectivity index (χ2v) is 6.27. The van der Waals surface area contributed by atoms with Crippen LogP contribution in [0.2, 0.25) is 0 Å². The topological polar surface area (TPSA) is 21.6 Å². The summed E-state index contributed by atoms with van der Waals surface area (Å²) in [5.74, 6) is 0.930. The first-order valence-corrected chi connectivity index (χ1v) is 9.11. The quantitative estimate of drug-likeness (QED) is 0.339. The summed E-state index contributed by atoms with van der Waals surface area (Å²) in [5, 5.41) is 2.45. The van der Waals surface area contributed by atoms with E-state index < -0.39 is 0 Å². The molecule has 25 heavy (non-hydrogen) atoms. The van der Waals surface area contributed by atoms with Gasteiger partial charge < -0.3 is 4.74 Å². The molecule has 0 aliphatic heterocycles. The van der Waals surface area contributed by atoms with Crippen molar-refractivity contribution >= 4 is 22.7 Å². The van der Waals surface area contributed by atoms with Crippen molar-refractivity contribution in [2.45, 2.75) is 32.6 Å². The van der Waals surface area contributed by atoms with Gasteiger partial charge in [0.1, 0.15) is 5.75 Å². The summed E-state index contributed by atoms with van der Waals surface area (Å²) in [6.45, 7) is 3.02. The summed E-state index contributed by atoms with van der Waals surface area (Å²) in [6.07, 6.45) is 6.81. The lowest BCUT2D eigenvalue weighted by Crippen LogP contribution is -1.97. The van der Waals surface area contributed by atoms with Crippen molar-refractivity contribution in [1.29, 1.82) is 0 Å². The third kappa shape index (κ3) is 5.18. The summed E-state index contributed by atoms with van der Waals surface area (Å²) in [7, 11) is 0. The number of fused-ring (bicyclic) bond motifs is 1. The Hall–Kier alpha value is -2.61. The number of hydrogen-bond donors (Lipinski definition) is 0. The highest BCUT2D eigenvalue weighted by atomic mass is 16.5. The van der Waals surface area contributed by atoms with Crippen LogP contribution in [-0.2, 0) is 0 Å². The molecule has 2 nitrogen and oxygen atoms in total. The minimum absolute atomic E-state index is 0.796. The standard InChI is InChI=1S/C23H25NO/c1-2-3-4-7-16-25-23-14-10-19(11-15-23)18-24-22-13-12-20-8-5-6-9-21(20)17-22/h5-6,8-15,17-18H,2-4,7,16H2,1H3. The molecule has 0 bridgehead atoms. The number of benzene rings is 3. The molecule has 0 spiro atoms. The number of rotatable bonds is 8. The molecule has 2 heteroatoms. The summed E-state index contributed by atoms with van der Waals surface area (Å²) in [5.41, 5.74) is 2.04. The van der Waals surface area contributed by atoms with Gasteiger partial charge in [-0.15, -0.1) is 0 Å². The molecule has 0 fully saturated rings. The van der Waals surface area contributed by atoms with Gasteiger partial charge in [-0.1, -0.05) is 56.5 Å². The van der Waals surface area contributed by atoms with Crippen LogP contribution in [0.1, 0.15) is 38.2 Å². The van der Waals surface area contributed by atoms with Gasteiger partial charge in [0, 0.05) is 6.21 Å².